The standard InChI is InChI=1S/C22H39N3O6/c1-7-8-11-18(30-6)15(4)13-31-19(14(2)3)20(26)23-16(5)21(27)25-12-9-10-17(24-25)22(28)29/h7,14-19,24H,1,8-13H2,2-6H3,(H,23,26)(H,28,29). The number of hydrogen-bond donors (Lipinski definition) is 3. The zero-order chi connectivity index (χ0) is 23.6. The van der Waals surface area contributed by atoms with Gasteiger partial charge in [0.25, 0.3) is 5.91 Å². The van der Waals surface area contributed by atoms with E-state index in [0.29, 0.717) is 26.0 Å². The summed E-state index contributed by atoms with van der Waals surface area (Å²) in [5, 5.41) is 13.2. The molecule has 1 saturated heterocycles. The molecular weight excluding hydrogens is 402 g/mol. The zero-order valence-corrected chi connectivity index (χ0v) is 19.4. The number of nitrogens with zero attached hydrogens (tertiary/aromatic N) is 1. The normalized spacial score (nSPS) is 20.6. The summed E-state index contributed by atoms with van der Waals surface area (Å²) in [5.74, 6) is -1.75. The van der Waals surface area contributed by atoms with Crippen LogP contribution in [0.4, 0.5) is 0 Å². The predicted molar refractivity (Wildman–Crippen MR) is 117 cm³/mol. The van der Waals surface area contributed by atoms with Gasteiger partial charge in [0.2, 0.25) is 5.91 Å². The number of nitrogens with one attached hydrogen (secondary N) is 2. The highest BCUT2D eigenvalue weighted by molar-refractivity contribution is 5.89. The summed E-state index contributed by atoms with van der Waals surface area (Å²) >= 11 is 0. The Hall–Kier alpha value is -1.97. The number of rotatable bonds is 13. The Morgan fingerprint density at radius 2 is 1.97 bits per heavy atom. The van der Waals surface area contributed by atoms with Gasteiger partial charge in [-0.25, -0.2) is 5.43 Å². The number of carbonyl (C=O) groups excluding carboxylic acids is 2. The highest BCUT2D eigenvalue weighted by Crippen LogP contribution is 2.17. The van der Waals surface area contributed by atoms with E-state index in [-0.39, 0.29) is 29.8 Å². The number of hydrogen-bond acceptors (Lipinski definition) is 6. The molecule has 5 unspecified atom stereocenters. The molecule has 1 aliphatic rings. The molecular formula is C22H39N3O6. The molecule has 1 heterocycles. The van der Waals surface area contributed by atoms with E-state index in [1.165, 1.54) is 5.01 Å². The molecule has 31 heavy (non-hydrogen) atoms. The predicted octanol–water partition coefficient (Wildman–Crippen LogP) is 1.73. The van der Waals surface area contributed by atoms with Gasteiger partial charge in [-0.2, -0.15) is 0 Å². The van der Waals surface area contributed by atoms with Crippen LogP contribution in [0, 0.1) is 11.8 Å². The van der Waals surface area contributed by atoms with Crippen molar-refractivity contribution in [2.75, 3.05) is 20.3 Å². The van der Waals surface area contributed by atoms with Gasteiger partial charge in [-0.1, -0.05) is 26.8 Å². The van der Waals surface area contributed by atoms with Gasteiger partial charge in [-0.3, -0.25) is 19.4 Å². The van der Waals surface area contributed by atoms with Crippen LogP contribution in [0.2, 0.25) is 0 Å². The fraction of sp³-hybridized carbons (Fsp3) is 0.773. The Morgan fingerprint density at radius 1 is 1.29 bits per heavy atom. The summed E-state index contributed by atoms with van der Waals surface area (Å²) in [5.41, 5.74) is 2.72. The number of ether oxygens (including phenoxy) is 2. The van der Waals surface area contributed by atoms with Crippen LogP contribution in [-0.2, 0) is 23.9 Å². The van der Waals surface area contributed by atoms with E-state index in [4.69, 9.17) is 14.6 Å². The summed E-state index contributed by atoms with van der Waals surface area (Å²) in [6, 6.07) is -1.61. The molecule has 5 atom stereocenters. The van der Waals surface area contributed by atoms with Crippen LogP contribution in [0.1, 0.15) is 53.4 Å². The van der Waals surface area contributed by atoms with Crippen LogP contribution in [0.15, 0.2) is 12.7 Å². The molecule has 0 bridgehead atoms. The maximum Gasteiger partial charge on any atom is 0.322 e. The molecule has 0 aromatic carbocycles. The number of methoxy groups -OCH3 is 1. The summed E-state index contributed by atoms with van der Waals surface area (Å²) in [4.78, 5) is 36.7. The Balaban J connectivity index is 2.64. The third-order valence-corrected chi connectivity index (χ3v) is 5.47. The molecule has 2 amide bonds. The minimum absolute atomic E-state index is 0.00160. The van der Waals surface area contributed by atoms with Gasteiger partial charge in [0.15, 0.2) is 0 Å². The van der Waals surface area contributed by atoms with Gasteiger partial charge >= 0.3 is 5.97 Å². The quantitative estimate of drug-likeness (QED) is 0.373. The minimum atomic E-state index is -1.00. The highest BCUT2D eigenvalue weighted by atomic mass is 16.5. The molecule has 0 aromatic heterocycles. The second-order valence-corrected chi connectivity index (χ2v) is 8.50. The molecule has 0 aromatic rings. The van der Waals surface area contributed by atoms with Gasteiger partial charge in [-0.15, -0.1) is 6.58 Å². The number of hydrazine groups is 1. The first-order valence-electron chi connectivity index (χ1n) is 11.0. The maximum absolute atomic E-state index is 12.8. The lowest BCUT2D eigenvalue weighted by Gasteiger charge is -2.34. The molecule has 1 aliphatic heterocycles. The fourth-order valence-corrected chi connectivity index (χ4v) is 3.56. The van der Waals surface area contributed by atoms with E-state index in [0.717, 1.165) is 12.8 Å². The number of carboxylic acids is 1. The first kappa shape index (κ1) is 27.1. The van der Waals surface area contributed by atoms with Crippen molar-refractivity contribution in [1.29, 1.82) is 0 Å². The van der Waals surface area contributed by atoms with Crippen molar-refractivity contribution < 1.29 is 29.0 Å². The zero-order valence-electron chi connectivity index (χ0n) is 19.4. The molecule has 0 aliphatic carbocycles. The van der Waals surface area contributed by atoms with Gasteiger partial charge in [-0.05, 0) is 38.5 Å². The van der Waals surface area contributed by atoms with Crippen molar-refractivity contribution >= 4 is 17.8 Å². The van der Waals surface area contributed by atoms with E-state index in [1.807, 2.05) is 26.8 Å². The van der Waals surface area contributed by atoms with Crippen LogP contribution in [0.3, 0.4) is 0 Å². The maximum atomic E-state index is 12.8. The number of allylic oxidation sites excluding steroid dienone is 1. The SMILES string of the molecule is C=CCCC(OC)C(C)COC(C(=O)NC(C)C(=O)N1CCCC(C(=O)O)N1)C(C)C. The molecule has 9 heteroatoms. The Labute approximate surface area is 185 Å². The first-order chi connectivity index (χ1) is 14.6. The van der Waals surface area contributed by atoms with Crippen LogP contribution < -0.4 is 10.7 Å². The topological polar surface area (TPSA) is 117 Å². The number of amides is 2. The van der Waals surface area contributed by atoms with Crippen molar-refractivity contribution in [2.24, 2.45) is 11.8 Å². The monoisotopic (exact) mass is 441 g/mol. The van der Waals surface area contributed by atoms with Crippen LogP contribution in [0.5, 0.6) is 0 Å². The first-order valence-corrected chi connectivity index (χ1v) is 11.0. The molecule has 9 nitrogen and oxygen atoms in total. The van der Waals surface area contributed by atoms with Crippen molar-refractivity contribution in [3.63, 3.8) is 0 Å². The lowest BCUT2D eigenvalue weighted by Crippen LogP contribution is -2.60. The minimum Gasteiger partial charge on any atom is -0.480 e. The molecule has 3 N–H and O–H groups in total. The fourth-order valence-electron chi connectivity index (χ4n) is 3.56. The van der Waals surface area contributed by atoms with E-state index in [9.17, 15) is 14.4 Å². The van der Waals surface area contributed by atoms with Crippen molar-refractivity contribution in [2.45, 2.75) is 77.7 Å². The van der Waals surface area contributed by atoms with Gasteiger partial charge in [0, 0.05) is 19.6 Å². The van der Waals surface area contributed by atoms with Crippen LogP contribution in [0.25, 0.3) is 0 Å². The summed E-state index contributed by atoms with van der Waals surface area (Å²) < 4.78 is 11.5. The third-order valence-electron chi connectivity index (χ3n) is 5.47. The van der Waals surface area contributed by atoms with E-state index < -0.39 is 24.2 Å². The second-order valence-electron chi connectivity index (χ2n) is 8.50. The van der Waals surface area contributed by atoms with Gasteiger partial charge < -0.3 is 19.9 Å². The van der Waals surface area contributed by atoms with Gasteiger partial charge in [0.1, 0.15) is 18.2 Å². The van der Waals surface area contributed by atoms with Crippen molar-refractivity contribution in [3.8, 4) is 0 Å². The molecule has 1 fully saturated rings. The van der Waals surface area contributed by atoms with E-state index in [2.05, 4.69) is 17.3 Å². The average Bonchev–Trinajstić information content (AvgIpc) is 2.73. The summed E-state index contributed by atoms with van der Waals surface area (Å²) in [6.07, 6.45) is 3.84. The summed E-state index contributed by atoms with van der Waals surface area (Å²) in [6.45, 7) is 11.8. The van der Waals surface area contributed by atoms with Crippen LogP contribution >= 0.6 is 0 Å². The summed E-state index contributed by atoms with van der Waals surface area (Å²) in [7, 11) is 1.66. The van der Waals surface area contributed by atoms with Crippen LogP contribution in [-0.4, -0.2) is 72.5 Å². The molecule has 0 radical (unpaired) electrons. The number of carboxylic acid groups (broad SMARTS) is 1. The van der Waals surface area contributed by atoms with E-state index in [1.54, 1.807) is 14.0 Å². The van der Waals surface area contributed by atoms with Gasteiger partial charge in [0.05, 0.1) is 12.7 Å². The lowest BCUT2D eigenvalue weighted by atomic mass is 10.0. The number of aliphatic carboxylic acids is 1. The average molecular weight is 442 g/mol. The Bertz CT molecular complexity index is 612. The van der Waals surface area contributed by atoms with E-state index >= 15 is 0 Å². The number of carbonyl (C=O) groups is 3. The van der Waals surface area contributed by atoms with Crippen molar-refractivity contribution in [1.82, 2.24) is 15.8 Å². The Kier molecular flexibility index (Phi) is 11.7. The molecule has 0 spiro atoms. The highest BCUT2D eigenvalue weighted by Gasteiger charge is 2.32. The smallest absolute Gasteiger partial charge is 0.322 e. The second kappa shape index (κ2) is 13.4. The third kappa shape index (κ3) is 8.59. The molecule has 178 valence electrons. The largest absolute Gasteiger partial charge is 0.480 e. The Morgan fingerprint density at radius 3 is 2.52 bits per heavy atom. The molecule has 0 saturated carbocycles. The lowest BCUT2D eigenvalue weighted by molar-refractivity contribution is -0.150. The molecule has 1 rings (SSSR count). The van der Waals surface area contributed by atoms with Crippen molar-refractivity contribution in [3.05, 3.63) is 12.7 Å².